The number of nitrogens with zero attached hydrogens (tertiary/aromatic N) is 2. The van der Waals surface area contributed by atoms with Crippen molar-refractivity contribution < 1.29 is 8.81 Å². The number of rotatable bonds is 1. The third-order valence-electron chi connectivity index (χ3n) is 1.57. The SMILES string of the molecule is Fc1ccc(-c2nnc(Br)o2)cc1Cl. The summed E-state index contributed by atoms with van der Waals surface area (Å²) in [6, 6.07) is 4.19. The third kappa shape index (κ3) is 1.78. The predicted molar refractivity (Wildman–Crippen MR) is 52.4 cm³/mol. The maximum Gasteiger partial charge on any atom is 0.285 e. The van der Waals surface area contributed by atoms with Crippen LogP contribution >= 0.6 is 27.5 Å². The third-order valence-corrected chi connectivity index (χ3v) is 2.18. The Kier molecular flexibility index (Phi) is 2.52. The number of aromatic nitrogens is 2. The number of hydrogen-bond acceptors (Lipinski definition) is 3. The van der Waals surface area contributed by atoms with Gasteiger partial charge in [0, 0.05) is 21.5 Å². The first-order valence-corrected chi connectivity index (χ1v) is 4.78. The number of halogens is 3. The molecule has 2 aromatic rings. The molecule has 0 bridgehead atoms. The zero-order chi connectivity index (χ0) is 10.1. The van der Waals surface area contributed by atoms with Crippen LogP contribution in [0.15, 0.2) is 27.4 Å². The van der Waals surface area contributed by atoms with Crippen LogP contribution in [0.2, 0.25) is 5.02 Å². The van der Waals surface area contributed by atoms with Crippen LogP contribution in [0.25, 0.3) is 11.5 Å². The molecule has 3 nitrogen and oxygen atoms in total. The molecule has 0 fully saturated rings. The van der Waals surface area contributed by atoms with Gasteiger partial charge in [-0.25, -0.2) is 4.39 Å². The highest BCUT2D eigenvalue weighted by Gasteiger charge is 2.08. The fraction of sp³-hybridized carbons (Fsp3) is 0. The summed E-state index contributed by atoms with van der Waals surface area (Å²) in [7, 11) is 0. The minimum atomic E-state index is -0.478. The minimum Gasteiger partial charge on any atom is -0.411 e. The van der Waals surface area contributed by atoms with Crippen molar-refractivity contribution in [1.82, 2.24) is 10.2 Å². The van der Waals surface area contributed by atoms with Gasteiger partial charge in [0.2, 0.25) is 5.89 Å². The largest absolute Gasteiger partial charge is 0.411 e. The van der Waals surface area contributed by atoms with Gasteiger partial charge in [0.05, 0.1) is 5.02 Å². The van der Waals surface area contributed by atoms with Gasteiger partial charge in [0.15, 0.2) is 0 Å². The van der Waals surface area contributed by atoms with E-state index in [4.69, 9.17) is 16.0 Å². The topological polar surface area (TPSA) is 38.9 Å². The van der Waals surface area contributed by atoms with Gasteiger partial charge in [0.25, 0.3) is 4.80 Å². The van der Waals surface area contributed by atoms with E-state index < -0.39 is 5.82 Å². The maximum absolute atomic E-state index is 12.8. The monoisotopic (exact) mass is 276 g/mol. The van der Waals surface area contributed by atoms with E-state index in [-0.39, 0.29) is 9.82 Å². The van der Waals surface area contributed by atoms with E-state index in [1.165, 1.54) is 18.2 Å². The van der Waals surface area contributed by atoms with Gasteiger partial charge in [-0.05, 0) is 18.2 Å². The Hall–Kier alpha value is -0.940. The molecular formula is C8H3BrClFN2O. The fourth-order valence-corrected chi connectivity index (χ4v) is 1.36. The molecule has 1 heterocycles. The molecule has 6 heteroatoms. The maximum atomic E-state index is 12.8. The molecule has 0 atom stereocenters. The van der Waals surface area contributed by atoms with Crippen molar-refractivity contribution in [3.05, 3.63) is 33.8 Å². The first-order valence-electron chi connectivity index (χ1n) is 3.61. The molecule has 0 unspecified atom stereocenters. The van der Waals surface area contributed by atoms with Crippen molar-refractivity contribution in [1.29, 1.82) is 0 Å². The van der Waals surface area contributed by atoms with Crippen molar-refractivity contribution >= 4 is 27.5 Å². The molecule has 0 saturated heterocycles. The lowest BCUT2D eigenvalue weighted by molar-refractivity contribution is 0.540. The molecule has 0 N–H and O–H groups in total. The molecule has 0 amide bonds. The zero-order valence-corrected chi connectivity index (χ0v) is 9.01. The van der Waals surface area contributed by atoms with Gasteiger partial charge >= 0.3 is 0 Å². The summed E-state index contributed by atoms with van der Waals surface area (Å²) in [4.78, 5) is 0.271. The summed E-state index contributed by atoms with van der Waals surface area (Å²) in [5.74, 6) is -0.187. The molecule has 0 saturated carbocycles. The average Bonchev–Trinajstić information content (AvgIpc) is 2.57. The lowest BCUT2D eigenvalue weighted by Crippen LogP contribution is -1.81. The molecule has 0 radical (unpaired) electrons. The Morgan fingerprint density at radius 1 is 1.36 bits per heavy atom. The molecule has 1 aromatic carbocycles. The summed E-state index contributed by atoms with van der Waals surface area (Å²) in [6.07, 6.45) is 0. The van der Waals surface area contributed by atoms with Crippen molar-refractivity contribution in [2.75, 3.05) is 0 Å². The molecule has 0 aliphatic heterocycles. The number of hydrogen-bond donors (Lipinski definition) is 0. The van der Waals surface area contributed by atoms with Crippen molar-refractivity contribution in [3.63, 3.8) is 0 Å². The molecule has 1 aromatic heterocycles. The van der Waals surface area contributed by atoms with Gasteiger partial charge in [0.1, 0.15) is 5.82 Å². The highest BCUT2D eigenvalue weighted by Crippen LogP contribution is 2.24. The molecule has 72 valence electrons. The van der Waals surface area contributed by atoms with Gasteiger partial charge < -0.3 is 4.42 Å². The van der Waals surface area contributed by atoms with Crippen molar-refractivity contribution in [2.45, 2.75) is 0 Å². The van der Waals surface area contributed by atoms with E-state index in [0.717, 1.165) is 0 Å². The van der Waals surface area contributed by atoms with Crippen LogP contribution in [-0.4, -0.2) is 10.2 Å². The second-order valence-corrected chi connectivity index (χ2v) is 3.57. The zero-order valence-electron chi connectivity index (χ0n) is 6.67. The highest BCUT2D eigenvalue weighted by atomic mass is 79.9. The summed E-state index contributed by atoms with van der Waals surface area (Å²) < 4.78 is 17.9. The fourth-order valence-electron chi connectivity index (χ4n) is 0.951. The molecule has 0 aliphatic rings. The highest BCUT2D eigenvalue weighted by molar-refractivity contribution is 9.10. The summed E-state index contributed by atoms with van der Waals surface area (Å²) in [5.41, 5.74) is 0.578. The normalized spacial score (nSPS) is 10.5. The Bertz CT molecular complexity index is 474. The number of benzene rings is 1. The van der Waals surface area contributed by atoms with Crippen LogP contribution in [0.3, 0.4) is 0 Å². The van der Waals surface area contributed by atoms with E-state index in [1.54, 1.807) is 0 Å². The second kappa shape index (κ2) is 3.67. The van der Waals surface area contributed by atoms with Gasteiger partial charge in [-0.3, -0.25) is 0 Å². The molecular weight excluding hydrogens is 274 g/mol. The standard InChI is InChI=1S/C8H3BrClFN2O/c9-8-13-12-7(14-8)4-1-2-6(11)5(10)3-4/h1-3H. The van der Waals surface area contributed by atoms with Gasteiger partial charge in [-0.1, -0.05) is 11.6 Å². The molecule has 0 aliphatic carbocycles. The van der Waals surface area contributed by atoms with Gasteiger partial charge in [-0.2, -0.15) is 0 Å². The van der Waals surface area contributed by atoms with E-state index in [2.05, 4.69) is 26.1 Å². The Morgan fingerprint density at radius 2 is 2.14 bits per heavy atom. The molecule has 14 heavy (non-hydrogen) atoms. The van der Waals surface area contributed by atoms with Gasteiger partial charge in [-0.15, -0.1) is 10.2 Å². The lowest BCUT2D eigenvalue weighted by atomic mass is 10.2. The van der Waals surface area contributed by atoms with Crippen LogP contribution in [0, 0.1) is 5.82 Å². The van der Waals surface area contributed by atoms with E-state index in [0.29, 0.717) is 11.5 Å². The second-order valence-electron chi connectivity index (χ2n) is 2.49. The van der Waals surface area contributed by atoms with Crippen LogP contribution in [-0.2, 0) is 0 Å². The van der Waals surface area contributed by atoms with Crippen molar-refractivity contribution in [3.8, 4) is 11.5 Å². The van der Waals surface area contributed by atoms with Crippen LogP contribution < -0.4 is 0 Å². The molecule has 0 spiro atoms. The predicted octanol–water partition coefficient (Wildman–Crippen LogP) is 3.29. The summed E-state index contributed by atoms with van der Waals surface area (Å²) in [6.45, 7) is 0. The van der Waals surface area contributed by atoms with E-state index >= 15 is 0 Å². The average molecular weight is 277 g/mol. The quantitative estimate of drug-likeness (QED) is 0.803. The van der Waals surface area contributed by atoms with Crippen LogP contribution in [0.4, 0.5) is 4.39 Å². The van der Waals surface area contributed by atoms with Crippen LogP contribution in [0.5, 0.6) is 0 Å². The van der Waals surface area contributed by atoms with E-state index in [1.807, 2.05) is 0 Å². The van der Waals surface area contributed by atoms with E-state index in [9.17, 15) is 4.39 Å². The summed E-state index contributed by atoms with van der Waals surface area (Å²) in [5, 5.41) is 7.35. The minimum absolute atomic E-state index is 0.0248. The first-order chi connectivity index (χ1) is 6.66. The molecule has 2 rings (SSSR count). The van der Waals surface area contributed by atoms with Crippen molar-refractivity contribution in [2.24, 2.45) is 0 Å². The lowest BCUT2D eigenvalue weighted by Gasteiger charge is -1.96. The smallest absolute Gasteiger partial charge is 0.285 e. The van der Waals surface area contributed by atoms with Crippen LogP contribution in [0.1, 0.15) is 0 Å². The Morgan fingerprint density at radius 3 is 2.71 bits per heavy atom. The Balaban J connectivity index is 2.47. The Labute approximate surface area is 92.0 Å². The first kappa shape index (κ1) is 9.61. The summed E-state index contributed by atoms with van der Waals surface area (Å²) >= 11 is 8.61.